The molecular weight excluding hydrogens is 144 g/mol. The normalized spacial score (nSPS) is 11.9. The van der Waals surface area contributed by atoms with Gasteiger partial charge in [-0.2, -0.15) is 0 Å². The SMILES string of the molecule is C.C=CCC[C@@H](CC=C)C(C)C. The molecule has 0 aliphatic rings. The molecule has 0 fully saturated rings. The van der Waals surface area contributed by atoms with Crippen molar-refractivity contribution in [3.05, 3.63) is 25.3 Å². The summed E-state index contributed by atoms with van der Waals surface area (Å²) in [4.78, 5) is 0. The lowest BCUT2D eigenvalue weighted by molar-refractivity contribution is 0.366. The molecule has 0 nitrogen and oxygen atoms in total. The average Bonchev–Trinajstić information content (AvgIpc) is 1.97. The molecule has 0 aromatic rings. The topological polar surface area (TPSA) is 0 Å². The Kier molecular flexibility index (Phi) is 10.0. The molecule has 0 unspecified atom stereocenters. The van der Waals surface area contributed by atoms with Crippen LogP contribution in [-0.2, 0) is 0 Å². The molecule has 0 bridgehead atoms. The Balaban J connectivity index is 0. The standard InChI is InChI=1S/C11H20.CH4/c1-5-7-9-11(8-6-2)10(3)4;/h5-6,10-11H,1-2,7-9H2,3-4H3;1H4/t11-;/m1./s1. The Morgan fingerprint density at radius 2 is 1.75 bits per heavy atom. The van der Waals surface area contributed by atoms with Gasteiger partial charge in [-0.1, -0.05) is 33.4 Å². The summed E-state index contributed by atoms with van der Waals surface area (Å²) in [6.07, 6.45) is 7.56. The summed E-state index contributed by atoms with van der Waals surface area (Å²) in [6, 6.07) is 0. The van der Waals surface area contributed by atoms with E-state index in [1.165, 1.54) is 6.42 Å². The first-order valence-corrected chi connectivity index (χ1v) is 4.44. The van der Waals surface area contributed by atoms with Gasteiger partial charge in [0.15, 0.2) is 0 Å². The van der Waals surface area contributed by atoms with Crippen LogP contribution in [0.25, 0.3) is 0 Å². The Morgan fingerprint density at radius 1 is 1.17 bits per heavy atom. The summed E-state index contributed by atoms with van der Waals surface area (Å²) in [5.74, 6) is 1.57. The van der Waals surface area contributed by atoms with E-state index >= 15 is 0 Å². The van der Waals surface area contributed by atoms with E-state index in [1.54, 1.807) is 0 Å². The third kappa shape index (κ3) is 6.21. The van der Waals surface area contributed by atoms with Gasteiger partial charge in [0.05, 0.1) is 0 Å². The Bertz CT molecular complexity index is 111. The van der Waals surface area contributed by atoms with E-state index in [1.807, 2.05) is 12.2 Å². The lowest BCUT2D eigenvalue weighted by atomic mass is 9.88. The molecule has 0 heterocycles. The Labute approximate surface area is 78.4 Å². The van der Waals surface area contributed by atoms with Crippen molar-refractivity contribution in [1.82, 2.24) is 0 Å². The van der Waals surface area contributed by atoms with Gasteiger partial charge in [-0.3, -0.25) is 0 Å². The lowest BCUT2D eigenvalue weighted by Gasteiger charge is -2.17. The molecule has 12 heavy (non-hydrogen) atoms. The van der Waals surface area contributed by atoms with Crippen LogP contribution < -0.4 is 0 Å². The predicted octanol–water partition coefficient (Wildman–Crippen LogP) is 4.44. The van der Waals surface area contributed by atoms with E-state index in [-0.39, 0.29) is 7.43 Å². The van der Waals surface area contributed by atoms with Gasteiger partial charge in [0.1, 0.15) is 0 Å². The molecule has 0 rings (SSSR count). The van der Waals surface area contributed by atoms with Crippen LogP contribution in [0.5, 0.6) is 0 Å². The van der Waals surface area contributed by atoms with E-state index in [2.05, 4.69) is 27.0 Å². The molecule has 72 valence electrons. The second-order valence-corrected chi connectivity index (χ2v) is 3.39. The van der Waals surface area contributed by atoms with E-state index in [0.717, 1.165) is 24.7 Å². The first-order chi connectivity index (χ1) is 5.22. The molecule has 0 aliphatic heterocycles. The van der Waals surface area contributed by atoms with Crippen LogP contribution in [0, 0.1) is 11.8 Å². The maximum atomic E-state index is 3.77. The minimum Gasteiger partial charge on any atom is -0.103 e. The zero-order chi connectivity index (χ0) is 8.69. The zero-order valence-electron chi connectivity index (χ0n) is 7.84. The van der Waals surface area contributed by atoms with Crippen molar-refractivity contribution in [2.24, 2.45) is 11.8 Å². The molecule has 0 aromatic heterocycles. The number of allylic oxidation sites excluding steroid dienone is 2. The smallest absolute Gasteiger partial charge is 0.0322 e. The molecule has 0 spiro atoms. The highest BCUT2D eigenvalue weighted by atomic mass is 14.1. The van der Waals surface area contributed by atoms with Gasteiger partial charge in [-0.05, 0) is 31.1 Å². The maximum absolute atomic E-state index is 3.77. The molecule has 0 heteroatoms. The van der Waals surface area contributed by atoms with Crippen molar-refractivity contribution in [2.75, 3.05) is 0 Å². The first-order valence-electron chi connectivity index (χ1n) is 4.44. The second kappa shape index (κ2) is 8.58. The van der Waals surface area contributed by atoms with Crippen molar-refractivity contribution >= 4 is 0 Å². The van der Waals surface area contributed by atoms with Gasteiger partial charge in [0.2, 0.25) is 0 Å². The van der Waals surface area contributed by atoms with Gasteiger partial charge >= 0.3 is 0 Å². The lowest BCUT2D eigenvalue weighted by Crippen LogP contribution is -2.06. The van der Waals surface area contributed by atoms with Gasteiger partial charge in [0, 0.05) is 0 Å². The number of hydrogen-bond donors (Lipinski definition) is 0. The molecule has 0 saturated carbocycles. The summed E-state index contributed by atoms with van der Waals surface area (Å²) < 4.78 is 0. The summed E-state index contributed by atoms with van der Waals surface area (Å²) in [5.41, 5.74) is 0. The molecule has 0 saturated heterocycles. The zero-order valence-corrected chi connectivity index (χ0v) is 7.84. The van der Waals surface area contributed by atoms with Gasteiger partial charge in [-0.15, -0.1) is 13.2 Å². The van der Waals surface area contributed by atoms with Gasteiger partial charge in [0.25, 0.3) is 0 Å². The fourth-order valence-corrected chi connectivity index (χ4v) is 1.27. The summed E-state index contributed by atoms with van der Waals surface area (Å²) in [6.45, 7) is 12.0. The minimum absolute atomic E-state index is 0. The summed E-state index contributed by atoms with van der Waals surface area (Å²) in [7, 11) is 0. The highest BCUT2D eigenvalue weighted by Gasteiger charge is 2.09. The van der Waals surface area contributed by atoms with Crippen molar-refractivity contribution in [2.45, 2.75) is 40.5 Å². The van der Waals surface area contributed by atoms with Gasteiger partial charge < -0.3 is 0 Å². The predicted molar refractivity (Wildman–Crippen MR) is 59.3 cm³/mol. The highest BCUT2D eigenvalue weighted by Crippen LogP contribution is 2.21. The molecule has 0 radical (unpaired) electrons. The fourth-order valence-electron chi connectivity index (χ4n) is 1.27. The van der Waals surface area contributed by atoms with E-state index in [9.17, 15) is 0 Å². The van der Waals surface area contributed by atoms with Gasteiger partial charge in [-0.25, -0.2) is 0 Å². The molecule has 1 atom stereocenters. The Hall–Kier alpha value is -0.520. The quantitative estimate of drug-likeness (QED) is 0.514. The third-order valence-corrected chi connectivity index (χ3v) is 2.15. The number of hydrogen-bond acceptors (Lipinski definition) is 0. The second-order valence-electron chi connectivity index (χ2n) is 3.39. The average molecular weight is 168 g/mol. The Morgan fingerprint density at radius 3 is 2.08 bits per heavy atom. The minimum atomic E-state index is 0. The van der Waals surface area contributed by atoms with Crippen LogP contribution in [0.1, 0.15) is 40.5 Å². The summed E-state index contributed by atoms with van der Waals surface area (Å²) >= 11 is 0. The monoisotopic (exact) mass is 168 g/mol. The molecule has 0 amide bonds. The maximum Gasteiger partial charge on any atom is -0.0322 e. The van der Waals surface area contributed by atoms with E-state index in [0.29, 0.717) is 0 Å². The summed E-state index contributed by atoms with van der Waals surface area (Å²) in [5, 5.41) is 0. The largest absolute Gasteiger partial charge is 0.103 e. The van der Waals surface area contributed by atoms with Crippen LogP contribution in [-0.4, -0.2) is 0 Å². The van der Waals surface area contributed by atoms with Crippen LogP contribution in [0.2, 0.25) is 0 Å². The number of rotatable bonds is 6. The molecule has 0 aromatic carbocycles. The molecular formula is C12H24. The molecule has 0 N–H and O–H groups in total. The fraction of sp³-hybridized carbons (Fsp3) is 0.667. The van der Waals surface area contributed by atoms with Crippen molar-refractivity contribution in [3.8, 4) is 0 Å². The third-order valence-electron chi connectivity index (χ3n) is 2.15. The first kappa shape index (κ1) is 14.0. The van der Waals surface area contributed by atoms with Crippen LogP contribution in [0.3, 0.4) is 0 Å². The van der Waals surface area contributed by atoms with Crippen molar-refractivity contribution < 1.29 is 0 Å². The van der Waals surface area contributed by atoms with E-state index < -0.39 is 0 Å². The van der Waals surface area contributed by atoms with Crippen LogP contribution in [0.15, 0.2) is 25.3 Å². The highest BCUT2D eigenvalue weighted by molar-refractivity contribution is 4.78. The van der Waals surface area contributed by atoms with Crippen molar-refractivity contribution in [3.63, 3.8) is 0 Å². The van der Waals surface area contributed by atoms with Crippen LogP contribution >= 0.6 is 0 Å². The van der Waals surface area contributed by atoms with Crippen molar-refractivity contribution in [1.29, 1.82) is 0 Å². The van der Waals surface area contributed by atoms with Crippen LogP contribution in [0.4, 0.5) is 0 Å². The molecule has 0 aliphatic carbocycles. The van der Waals surface area contributed by atoms with E-state index in [4.69, 9.17) is 0 Å².